The average Bonchev–Trinajstić information content (AvgIpc) is 3.21. The second-order valence-corrected chi connectivity index (χ2v) is 7.90. The Morgan fingerprint density at radius 2 is 1.94 bits per heavy atom. The Kier molecular flexibility index (Phi) is 4.97. The van der Waals surface area contributed by atoms with Crippen LogP contribution in [0.3, 0.4) is 0 Å². The van der Waals surface area contributed by atoms with Gasteiger partial charge < -0.3 is 10.6 Å². The molecule has 0 spiro atoms. The molecule has 0 atom stereocenters. The fourth-order valence-corrected chi connectivity index (χ4v) is 4.18. The molecule has 0 saturated carbocycles. The molecule has 1 aliphatic heterocycles. The third kappa shape index (κ3) is 3.55. The van der Waals surface area contributed by atoms with Crippen molar-refractivity contribution in [3.05, 3.63) is 71.5 Å². The van der Waals surface area contributed by atoms with Crippen molar-refractivity contribution in [3.8, 4) is 17.1 Å². The molecular weight excluding hydrogens is 418 g/mol. The number of fused-ring (bicyclic) bond motifs is 2. The first-order chi connectivity index (χ1) is 16.0. The standard InChI is InChI=1S/C25H21N5O3/c1-14(31)23-18(4-3-11-27-23)24-29-20-13-16(25(33)26-2)5-9-21(20)30(24)17-7-8-19-15(12-17)6-10-22(32)28-19/h3-5,7-9,11-13H,6,10H2,1-2H3,(H,26,33)(H,28,32). The molecule has 0 radical (unpaired) electrons. The fourth-order valence-electron chi connectivity index (χ4n) is 4.18. The maximum Gasteiger partial charge on any atom is 0.251 e. The van der Waals surface area contributed by atoms with Crippen LogP contribution >= 0.6 is 0 Å². The number of aromatic nitrogens is 3. The Balaban J connectivity index is 1.78. The summed E-state index contributed by atoms with van der Waals surface area (Å²) >= 11 is 0. The zero-order valence-corrected chi connectivity index (χ0v) is 18.2. The minimum Gasteiger partial charge on any atom is -0.355 e. The molecule has 2 aromatic carbocycles. The van der Waals surface area contributed by atoms with Gasteiger partial charge in [0.1, 0.15) is 11.5 Å². The van der Waals surface area contributed by atoms with Crippen LogP contribution in [0.25, 0.3) is 28.1 Å². The van der Waals surface area contributed by atoms with Gasteiger partial charge in [-0.1, -0.05) is 0 Å². The van der Waals surface area contributed by atoms with E-state index in [4.69, 9.17) is 4.98 Å². The van der Waals surface area contributed by atoms with E-state index in [1.54, 1.807) is 31.4 Å². The number of Topliss-reactive ketones (excluding diaryl/α,β-unsaturated/α-hetero) is 1. The molecule has 1 aliphatic rings. The van der Waals surface area contributed by atoms with Gasteiger partial charge in [0.15, 0.2) is 5.78 Å². The van der Waals surface area contributed by atoms with Gasteiger partial charge in [-0.15, -0.1) is 0 Å². The zero-order valence-electron chi connectivity index (χ0n) is 18.2. The van der Waals surface area contributed by atoms with E-state index in [0.29, 0.717) is 41.0 Å². The summed E-state index contributed by atoms with van der Waals surface area (Å²) in [5, 5.41) is 5.53. The van der Waals surface area contributed by atoms with Gasteiger partial charge in [0.25, 0.3) is 5.91 Å². The first-order valence-corrected chi connectivity index (χ1v) is 10.6. The Hall–Kier alpha value is -4.33. The van der Waals surface area contributed by atoms with Crippen LogP contribution < -0.4 is 10.6 Å². The Bertz CT molecular complexity index is 1450. The van der Waals surface area contributed by atoms with Crippen molar-refractivity contribution >= 4 is 34.3 Å². The number of benzene rings is 2. The van der Waals surface area contributed by atoms with Crippen molar-refractivity contribution in [1.82, 2.24) is 19.9 Å². The lowest BCUT2D eigenvalue weighted by Gasteiger charge is -2.19. The van der Waals surface area contributed by atoms with Crippen LogP contribution in [0.5, 0.6) is 0 Å². The van der Waals surface area contributed by atoms with Crippen molar-refractivity contribution in [2.45, 2.75) is 19.8 Å². The van der Waals surface area contributed by atoms with E-state index in [1.807, 2.05) is 34.9 Å². The highest BCUT2D eigenvalue weighted by Crippen LogP contribution is 2.33. The van der Waals surface area contributed by atoms with E-state index in [2.05, 4.69) is 15.6 Å². The number of aryl methyl sites for hydroxylation is 1. The van der Waals surface area contributed by atoms with Crippen LogP contribution in [0.1, 0.15) is 39.8 Å². The zero-order chi connectivity index (χ0) is 23.1. The number of hydrogen-bond acceptors (Lipinski definition) is 5. The van der Waals surface area contributed by atoms with Gasteiger partial charge in [-0.25, -0.2) is 4.98 Å². The highest BCUT2D eigenvalue weighted by atomic mass is 16.2. The molecule has 2 N–H and O–H groups in total. The van der Waals surface area contributed by atoms with Crippen molar-refractivity contribution in [2.24, 2.45) is 0 Å². The van der Waals surface area contributed by atoms with Gasteiger partial charge in [0.05, 0.1) is 11.0 Å². The summed E-state index contributed by atoms with van der Waals surface area (Å²) in [6, 6.07) is 14.7. The summed E-state index contributed by atoms with van der Waals surface area (Å²) in [4.78, 5) is 45.4. The van der Waals surface area contributed by atoms with Gasteiger partial charge in [0.2, 0.25) is 5.91 Å². The molecule has 0 aliphatic carbocycles. The lowest BCUT2D eigenvalue weighted by Crippen LogP contribution is -2.19. The van der Waals surface area contributed by atoms with Crippen molar-refractivity contribution < 1.29 is 14.4 Å². The number of anilines is 1. The number of pyridine rings is 1. The molecule has 0 saturated heterocycles. The molecule has 4 aromatic rings. The first-order valence-electron chi connectivity index (χ1n) is 10.6. The molecule has 8 heteroatoms. The summed E-state index contributed by atoms with van der Waals surface area (Å²) in [6.45, 7) is 1.48. The molecule has 2 aromatic heterocycles. The summed E-state index contributed by atoms with van der Waals surface area (Å²) in [5.74, 6) is 0.191. The fraction of sp³-hybridized carbons (Fsp3) is 0.160. The number of nitrogens with one attached hydrogen (secondary N) is 2. The minimum atomic E-state index is -0.205. The lowest BCUT2D eigenvalue weighted by molar-refractivity contribution is -0.116. The van der Waals surface area contributed by atoms with Crippen molar-refractivity contribution in [1.29, 1.82) is 0 Å². The summed E-state index contributed by atoms with van der Waals surface area (Å²) in [6.07, 6.45) is 2.66. The normalized spacial score (nSPS) is 12.8. The smallest absolute Gasteiger partial charge is 0.251 e. The number of imidazole rings is 1. The number of rotatable bonds is 4. The quantitative estimate of drug-likeness (QED) is 0.473. The highest BCUT2D eigenvalue weighted by molar-refractivity contribution is 6.01. The molecule has 0 bridgehead atoms. The second kappa shape index (κ2) is 7.98. The third-order valence-corrected chi connectivity index (χ3v) is 5.77. The summed E-state index contributed by atoms with van der Waals surface area (Å²) in [5.41, 5.74) is 5.50. The van der Waals surface area contributed by atoms with Crippen molar-refractivity contribution in [2.75, 3.05) is 12.4 Å². The number of amides is 2. The average molecular weight is 439 g/mol. The highest BCUT2D eigenvalue weighted by Gasteiger charge is 2.22. The molecule has 0 unspecified atom stereocenters. The number of nitrogens with zero attached hydrogens (tertiary/aromatic N) is 3. The Labute approximate surface area is 189 Å². The largest absolute Gasteiger partial charge is 0.355 e. The number of carbonyl (C=O) groups is 3. The number of ketones is 1. The predicted molar refractivity (Wildman–Crippen MR) is 125 cm³/mol. The molecule has 2 amide bonds. The minimum absolute atomic E-state index is 0.00668. The van der Waals surface area contributed by atoms with Crippen molar-refractivity contribution in [3.63, 3.8) is 0 Å². The summed E-state index contributed by atoms with van der Waals surface area (Å²) in [7, 11) is 1.58. The molecular formula is C25H21N5O3. The summed E-state index contributed by atoms with van der Waals surface area (Å²) < 4.78 is 1.96. The van der Waals surface area contributed by atoms with Gasteiger partial charge in [-0.05, 0) is 60.5 Å². The van der Waals surface area contributed by atoms with Crippen LogP contribution in [0, 0.1) is 0 Å². The van der Waals surface area contributed by atoms with Crippen LogP contribution in [0.15, 0.2) is 54.7 Å². The second-order valence-electron chi connectivity index (χ2n) is 7.90. The van der Waals surface area contributed by atoms with E-state index in [0.717, 1.165) is 22.5 Å². The van der Waals surface area contributed by atoms with Crippen LogP contribution in [0.4, 0.5) is 5.69 Å². The molecule has 33 heavy (non-hydrogen) atoms. The number of hydrogen-bond donors (Lipinski definition) is 2. The van der Waals surface area contributed by atoms with E-state index in [1.165, 1.54) is 6.92 Å². The third-order valence-electron chi connectivity index (χ3n) is 5.77. The monoisotopic (exact) mass is 439 g/mol. The van der Waals surface area contributed by atoms with Crippen LogP contribution in [0.2, 0.25) is 0 Å². The Morgan fingerprint density at radius 3 is 2.73 bits per heavy atom. The van der Waals surface area contributed by atoms with Gasteiger partial charge in [-0.2, -0.15) is 0 Å². The lowest BCUT2D eigenvalue weighted by atomic mass is 10.0. The van der Waals surface area contributed by atoms with E-state index >= 15 is 0 Å². The molecule has 3 heterocycles. The molecule has 164 valence electrons. The maximum atomic E-state index is 12.3. The topological polar surface area (TPSA) is 106 Å². The molecule has 0 fully saturated rings. The SMILES string of the molecule is CNC(=O)c1ccc2c(c1)nc(-c1cccnc1C(C)=O)n2-c1ccc2c(c1)CCC(=O)N2. The van der Waals surface area contributed by atoms with E-state index in [-0.39, 0.29) is 17.6 Å². The maximum absolute atomic E-state index is 12.3. The molecule has 8 nitrogen and oxygen atoms in total. The number of carbonyl (C=O) groups excluding carboxylic acids is 3. The Morgan fingerprint density at radius 1 is 1.09 bits per heavy atom. The van der Waals surface area contributed by atoms with Crippen LogP contribution in [-0.4, -0.2) is 39.2 Å². The van der Waals surface area contributed by atoms with E-state index < -0.39 is 0 Å². The molecule has 5 rings (SSSR count). The van der Waals surface area contributed by atoms with Gasteiger partial charge >= 0.3 is 0 Å². The van der Waals surface area contributed by atoms with Crippen LogP contribution in [-0.2, 0) is 11.2 Å². The predicted octanol–water partition coefficient (Wildman–Crippen LogP) is 3.53. The van der Waals surface area contributed by atoms with E-state index in [9.17, 15) is 14.4 Å². The first kappa shape index (κ1) is 20.6. The van der Waals surface area contributed by atoms with Gasteiger partial charge in [-0.3, -0.25) is 23.9 Å². The van der Waals surface area contributed by atoms with Gasteiger partial charge in [0, 0.05) is 49.1 Å².